The number of benzene rings is 1. The Hall–Kier alpha value is -0.932. The molecule has 2 N–H and O–H groups in total. The fraction of sp³-hybridized carbons (Fsp3) is 0.562. The van der Waals surface area contributed by atoms with Crippen molar-refractivity contribution in [2.24, 2.45) is 16.8 Å². The number of nitrogens with zero attached hydrogens (tertiary/aromatic N) is 3. The third kappa shape index (κ3) is 6.05. The van der Waals surface area contributed by atoms with Crippen LogP contribution in [-0.4, -0.2) is 18.9 Å². The van der Waals surface area contributed by atoms with Gasteiger partial charge in [0.25, 0.3) is 0 Å². The molecule has 1 aromatic carbocycles. The summed E-state index contributed by atoms with van der Waals surface area (Å²) < 4.78 is 14.0. The average molecular weight is 488 g/mol. The zero-order valence-electron chi connectivity index (χ0n) is 13.8. The van der Waals surface area contributed by atoms with Crippen LogP contribution in [0.15, 0.2) is 23.3 Å². The Morgan fingerprint density at radius 1 is 1.36 bits per heavy atom. The molecule has 0 unspecified atom stereocenters. The van der Waals surface area contributed by atoms with Crippen LogP contribution in [0.4, 0.5) is 10.1 Å². The molecule has 0 bridgehead atoms. The maximum Gasteiger partial charge on any atom is 0.147 e. The van der Waals surface area contributed by atoms with Gasteiger partial charge < -0.3 is 21.2 Å². The van der Waals surface area contributed by atoms with Crippen molar-refractivity contribution in [3.63, 3.8) is 0 Å². The van der Waals surface area contributed by atoms with Gasteiger partial charge in [-0.2, -0.15) is 0 Å². The van der Waals surface area contributed by atoms with Gasteiger partial charge in [-0.3, -0.25) is 0 Å². The minimum atomic E-state index is -0.285. The normalized spacial score (nSPS) is 13.6. The van der Waals surface area contributed by atoms with Gasteiger partial charge in [0.15, 0.2) is 0 Å². The average Bonchev–Trinajstić information content (AvgIpc) is 2.48. The van der Waals surface area contributed by atoms with Crippen molar-refractivity contribution < 1.29 is 25.5 Å². The summed E-state index contributed by atoms with van der Waals surface area (Å²) in [5.74, 6) is 0.731. The fourth-order valence-corrected chi connectivity index (χ4v) is 1.82. The van der Waals surface area contributed by atoms with Crippen molar-refractivity contribution in [3.8, 4) is 0 Å². The van der Waals surface area contributed by atoms with E-state index in [1.807, 2.05) is 19.9 Å². The van der Waals surface area contributed by atoms with E-state index in [-0.39, 0.29) is 32.8 Å². The molecule has 0 fully saturated rings. The van der Waals surface area contributed by atoms with Gasteiger partial charge in [0.2, 0.25) is 0 Å². The maximum atomic E-state index is 14.0. The molecule has 1 aliphatic heterocycles. The van der Waals surface area contributed by atoms with E-state index >= 15 is 0 Å². The summed E-state index contributed by atoms with van der Waals surface area (Å²) in [4.78, 5) is 0. The van der Waals surface area contributed by atoms with E-state index in [4.69, 9.17) is 5.73 Å². The number of hydrazone groups is 1. The first kappa shape index (κ1) is 21.1. The van der Waals surface area contributed by atoms with Gasteiger partial charge in [0, 0.05) is 34.2 Å². The molecule has 4 nitrogen and oxygen atoms in total. The molecule has 0 saturated carbocycles. The van der Waals surface area contributed by atoms with Crippen LogP contribution in [0.3, 0.4) is 0 Å². The zero-order chi connectivity index (χ0) is 15.8. The van der Waals surface area contributed by atoms with Gasteiger partial charge >= 0.3 is 0 Å². The summed E-state index contributed by atoms with van der Waals surface area (Å²) >= 11 is 0. The number of anilines is 1. The van der Waals surface area contributed by atoms with Crippen molar-refractivity contribution in [2.45, 2.75) is 40.7 Å². The smallest absolute Gasteiger partial charge is 0.147 e. The fourth-order valence-electron chi connectivity index (χ4n) is 1.82. The van der Waals surface area contributed by atoms with Crippen molar-refractivity contribution in [1.82, 2.24) is 0 Å². The second kappa shape index (κ2) is 10.7. The molecule has 1 aromatic rings. The second-order valence-electron chi connectivity index (χ2n) is 5.31. The Morgan fingerprint density at radius 3 is 2.50 bits per heavy atom. The molecule has 1 heterocycles. The van der Waals surface area contributed by atoms with E-state index < -0.39 is 0 Å². The number of amidine groups is 1. The number of halogens is 1. The van der Waals surface area contributed by atoms with Gasteiger partial charge in [-0.05, 0) is 30.2 Å². The minimum Gasteiger partial charge on any atom is -0.466 e. The number of nitrogens with two attached hydrogens (primary N) is 1. The first-order valence-electron chi connectivity index (χ1n) is 7.55. The molecule has 2 rings (SSSR count). The summed E-state index contributed by atoms with van der Waals surface area (Å²) in [6.45, 7) is 9.90. The first-order chi connectivity index (χ1) is 10.0. The number of hydrogen-bond donors (Lipinski definition) is 1. The number of hydrogen-bond acceptors (Lipinski definition) is 3. The van der Waals surface area contributed by atoms with Crippen LogP contribution in [0.2, 0.25) is 0 Å². The molecule has 0 saturated heterocycles. The third-order valence-electron chi connectivity index (χ3n) is 2.85. The minimum absolute atomic E-state index is 0. The molecule has 0 spiro atoms. The molecule has 0 amide bonds. The molecular weight excluding hydrogens is 462 g/mol. The van der Waals surface area contributed by atoms with Gasteiger partial charge in [0.1, 0.15) is 5.82 Å². The number of rotatable bonds is 3. The van der Waals surface area contributed by atoms with Crippen molar-refractivity contribution >= 4 is 11.5 Å². The SMILES string of the molecule is CC(C)C1=NN(c2ccc(CN)cc2F)CC[N-]1.CCC.[Pt]. The Labute approximate surface area is 147 Å². The molecule has 6 heteroatoms. The largest absolute Gasteiger partial charge is 0.466 e. The van der Waals surface area contributed by atoms with Crippen LogP contribution in [0.1, 0.15) is 39.7 Å². The van der Waals surface area contributed by atoms with E-state index in [2.05, 4.69) is 24.3 Å². The first-order valence-corrected chi connectivity index (χ1v) is 7.55. The van der Waals surface area contributed by atoms with E-state index in [1.165, 1.54) is 12.5 Å². The van der Waals surface area contributed by atoms with E-state index in [0.717, 1.165) is 11.4 Å². The topological polar surface area (TPSA) is 55.7 Å². The van der Waals surface area contributed by atoms with Gasteiger partial charge in [0.05, 0.1) is 5.69 Å². The van der Waals surface area contributed by atoms with Gasteiger partial charge in [-0.1, -0.05) is 46.0 Å². The quantitative estimate of drug-likeness (QED) is 0.703. The summed E-state index contributed by atoms with van der Waals surface area (Å²) in [6, 6.07) is 5.02. The van der Waals surface area contributed by atoms with Crippen molar-refractivity contribution in [3.05, 3.63) is 34.9 Å². The van der Waals surface area contributed by atoms with Crippen molar-refractivity contribution in [2.75, 3.05) is 18.1 Å². The van der Waals surface area contributed by atoms with Crippen LogP contribution in [-0.2, 0) is 27.6 Å². The predicted octanol–water partition coefficient (Wildman–Crippen LogP) is 3.86. The standard InChI is InChI=1S/C13H18FN4.C3H8.Pt/c1-9(2)13-16-5-6-18(17-13)12-4-3-10(8-15)7-11(12)14;1-3-2;/h3-4,7,9H,5-6,8,15H2,1-2H3;3H2,1-2H3;/q-1;;. The van der Waals surface area contributed by atoms with Crippen LogP contribution < -0.4 is 10.7 Å². The van der Waals surface area contributed by atoms with E-state index in [9.17, 15) is 4.39 Å². The van der Waals surface area contributed by atoms with Crippen LogP contribution in [0.5, 0.6) is 0 Å². The van der Waals surface area contributed by atoms with E-state index in [1.54, 1.807) is 11.1 Å². The summed E-state index contributed by atoms with van der Waals surface area (Å²) in [6.07, 6.45) is 1.25. The molecule has 1 aliphatic rings. The zero-order valence-corrected chi connectivity index (χ0v) is 16.0. The predicted molar refractivity (Wildman–Crippen MR) is 88.1 cm³/mol. The maximum absolute atomic E-state index is 14.0. The van der Waals surface area contributed by atoms with Crippen LogP contribution in [0, 0.1) is 11.7 Å². The monoisotopic (exact) mass is 488 g/mol. The molecule has 0 radical (unpaired) electrons. The Bertz CT molecular complexity index is 477. The molecular formula is C16H26FN4Pt-. The Kier molecular flexibility index (Phi) is 10.3. The second-order valence-corrected chi connectivity index (χ2v) is 5.31. The van der Waals surface area contributed by atoms with E-state index in [0.29, 0.717) is 25.3 Å². The molecule has 22 heavy (non-hydrogen) atoms. The molecule has 0 atom stereocenters. The Balaban J connectivity index is 0.00000102. The summed E-state index contributed by atoms with van der Waals surface area (Å²) in [5, 5.41) is 10.4. The van der Waals surface area contributed by atoms with Gasteiger partial charge in [-0.15, -0.1) is 0 Å². The Morgan fingerprint density at radius 2 is 2.00 bits per heavy atom. The molecule has 0 aromatic heterocycles. The van der Waals surface area contributed by atoms with Crippen LogP contribution in [0.25, 0.3) is 5.32 Å². The van der Waals surface area contributed by atoms with Gasteiger partial charge in [-0.25, -0.2) is 4.39 Å². The molecule has 128 valence electrons. The third-order valence-corrected chi connectivity index (χ3v) is 2.85. The van der Waals surface area contributed by atoms with Crippen molar-refractivity contribution in [1.29, 1.82) is 0 Å². The summed E-state index contributed by atoms with van der Waals surface area (Å²) in [7, 11) is 0. The summed E-state index contributed by atoms with van der Waals surface area (Å²) in [5.41, 5.74) is 6.76. The molecule has 0 aliphatic carbocycles. The van der Waals surface area contributed by atoms with Crippen LogP contribution >= 0.6 is 0 Å².